The van der Waals surface area contributed by atoms with Gasteiger partial charge in [-0.2, -0.15) is 5.26 Å². The van der Waals surface area contributed by atoms with Gasteiger partial charge >= 0.3 is 0 Å². The fourth-order valence-corrected chi connectivity index (χ4v) is 1.85. The summed E-state index contributed by atoms with van der Waals surface area (Å²) in [6.07, 6.45) is 3.49. The fourth-order valence-electron chi connectivity index (χ4n) is 1.32. The van der Waals surface area contributed by atoms with Crippen molar-refractivity contribution in [1.29, 1.82) is 5.26 Å². The Bertz CT molecular complexity index is 546. The highest BCUT2D eigenvalue weighted by atomic mass is 32.2. The van der Waals surface area contributed by atoms with E-state index in [1.807, 2.05) is 36.6 Å². The highest BCUT2D eigenvalue weighted by Crippen LogP contribution is 2.30. The van der Waals surface area contributed by atoms with Gasteiger partial charge in [0.1, 0.15) is 11.8 Å². The number of nitriles is 1. The zero-order valence-corrected chi connectivity index (χ0v) is 10.1. The van der Waals surface area contributed by atoms with Crippen LogP contribution in [0.15, 0.2) is 47.5 Å². The Morgan fingerprint density at radius 3 is 2.71 bits per heavy atom. The molecule has 0 bridgehead atoms. The molecule has 4 heteroatoms. The zero-order chi connectivity index (χ0) is 12.1. The van der Waals surface area contributed by atoms with Gasteiger partial charge in [-0.3, -0.25) is 0 Å². The van der Waals surface area contributed by atoms with E-state index in [9.17, 15) is 0 Å². The third-order valence-electron chi connectivity index (χ3n) is 2.15. The van der Waals surface area contributed by atoms with Crippen LogP contribution >= 0.6 is 11.8 Å². The SMILES string of the molecule is CSc1ccccc1Oc1ccc(C#N)cn1. The lowest BCUT2D eigenvalue weighted by Crippen LogP contribution is -1.89. The van der Waals surface area contributed by atoms with Crippen LogP contribution in [0.25, 0.3) is 0 Å². The van der Waals surface area contributed by atoms with Crippen molar-refractivity contribution in [2.45, 2.75) is 4.90 Å². The normalized spacial score (nSPS) is 9.65. The fraction of sp³-hybridized carbons (Fsp3) is 0.0769. The van der Waals surface area contributed by atoms with E-state index in [0.29, 0.717) is 11.4 Å². The van der Waals surface area contributed by atoms with Crippen LogP contribution in [0.2, 0.25) is 0 Å². The quantitative estimate of drug-likeness (QED) is 0.773. The first-order chi connectivity index (χ1) is 8.33. The molecule has 0 aliphatic carbocycles. The molecule has 0 unspecified atom stereocenters. The summed E-state index contributed by atoms with van der Waals surface area (Å²) in [6.45, 7) is 0. The molecule has 0 atom stereocenters. The molecule has 1 aromatic heterocycles. The number of pyridine rings is 1. The van der Waals surface area contributed by atoms with E-state index in [0.717, 1.165) is 10.6 Å². The second-order valence-corrected chi connectivity index (χ2v) is 4.10. The van der Waals surface area contributed by atoms with Crippen LogP contribution in [0.5, 0.6) is 11.6 Å². The molecule has 17 heavy (non-hydrogen) atoms. The third kappa shape index (κ3) is 2.77. The van der Waals surface area contributed by atoms with Gasteiger partial charge in [0, 0.05) is 17.2 Å². The number of thioether (sulfide) groups is 1. The standard InChI is InChI=1S/C13H10N2OS/c1-17-12-5-3-2-4-11(12)16-13-7-6-10(8-14)9-15-13/h2-7,9H,1H3. The number of ether oxygens (including phenoxy) is 1. The summed E-state index contributed by atoms with van der Waals surface area (Å²) in [5.74, 6) is 1.27. The minimum Gasteiger partial charge on any atom is -0.438 e. The summed E-state index contributed by atoms with van der Waals surface area (Å²) in [4.78, 5) is 5.12. The molecule has 2 aromatic rings. The molecule has 2 rings (SSSR count). The summed E-state index contributed by atoms with van der Waals surface area (Å²) in [5, 5.41) is 8.67. The van der Waals surface area contributed by atoms with Crippen molar-refractivity contribution < 1.29 is 4.74 Å². The molecular formula is C13H10N2OS. The molecule has 1 aromatic carbocycles. The van der Waals surface area contributed by atoms with Crippen molar-refractivity contribution in [2.75, 3.05) is 6.26 Å². The minimum absolute atomic E-state index is 0.491. The lowest BCUT2D eigenvalue weighted by atomic mass is 10.3. The van der Waals surface area contributed by atoms with Crippen molar-refractivity contribution in [3.05, 3.63) is 48.2 Å². The van der Waals surface area contributed by atoms with Crippen LogP contribution in [0.1, 0.15) is 5.56 Å². The average molecular weight is 242 g/mol. The third-order valence-corrected chi connectivity index (χ3v) is 2.93. The molecule has 0 spiro atoms. The lowest BCUT2D eigenvalue weighted by molar-refractivity contribution is 0.452. The van der Waals surface area contributed by atoms with Crippen molar-refractivity contribution >= 4 is 11.8 Å². The lowest BCUT2D eigenvalue weighted by Gasteiger charge is -2.07. The van der Waals surface area contributed by atoms with Crippen LogP contribution in [-0.2, 0) is 0 Å². The summed E-state index contributed by atoms with van der Waals surface area (Å²) in [7, 11) is 0. The van der Waals surface area contributed by atoms with Crippen molar-refractivity contribution in [3.8, 4) is 17.7 Å². The topological polar surface area (TPSA) is 45.9 Å². The van der Waals surface area contributed by atoms with Crippen LogP contribution in [0.4, 0.5) is 0 Å². The Morgan fingerprint density at radius 1 is 1.24 bits per heavy atom. The molecule has 0 saturated heterocycles. The Hall–Kier alpha value is -1.99. The average Bonchev–Trinajstić information content (AvgIpc) is 2.40. The van der Waals surface area contributed by atoms with Crippen LogP contribution < -0.4 is 4.74 Å². The smallest absolute Gasteiger partial charge is 0.219 e. The van der Waals surface area contributed by atoms with Crippen LogP contribution in [0.3, 0.4) is 0 Å². The number of rotatable bonds is 3. The molecule has 0 saturated carbocycles. The molecule has 1 heterocycles. The first-order valence-corrected chi connectivity index (χ1v) is 6.23. The van der Waals surface area contributed by atoms with Gasteiger partial charge in [-0.1, -0.05) is 12.1 Å². The number of hydrogen-bond donors (Lipinski definition) is 0. The van der Waals surface area contributed by atoms with E-state index in [4.69, 9.17) is 10.00 Å². The van der Waals surface area contributed by atoms with Crippen molar-refractivity contribution in [1.82, 2.24) is 4.98 Å². The van der Waals surface area contributed by atoms with Crippen LogP contribution in [-0.4, -0.2) is 11.2 Å². The summed E-state index contributed by atoms with van der Waals surface area (Å²) in [5.41, 5.74) is 0.524. The van der Waals surface area contributed by atoms with Gasteiger partial charge in [-0.05, 0) is 24.5 Å². The molecular weight excluding hydrogens is 232 g/mol. The first-order valence-electron chi connectivity index (χ1n) is 5.00. The predicted octanol–water partition coefficient (Wildman–Crippen LogP) is 3.47. The van der Waals surface area contributed by atoms with E-state index < -0.39 is 0 Å². The second kappa shape index (κ2) is 5.37. The highest BCUT2D eigenvalue weighted by Gasteiger charge is 2.03. The highest BCUT2D eigenvalue weighted by molar-refractivity contribution is 7.98. The monoisotopic (exact) mass is 242 g/mol. The summed E-state index contributed by atoms with van der Waals surface area (Å²) in [6, 6.07) is 13.2. The summed E-state index contributed by atoms with van der Waals surface area (Å²) >= 11 is 1.62. The molecule has 3 nitrogen and oxygen atoms in total. The molecule has 0 amide bonds. The Morgan fingerprint density at radius 2 is 2.06 bits per heavy atom. The van der Waals surface area contributed by atoms with Gasteiger partial charge in [0.05, 0.1) is 5.56 Å². The van der Waals surface area contributed by atoms with E-state index in [-0.39, 0.29) is 0 Å². The Labute approximate surface area is 104 Å². The molecule has 0 aliphatic heterocycles. The van der Waals surface area contributed by atoms with Gasteiger partial charge in [0.2, 0.25) is 5.88 Å². The maximum Gasteiger partial charge on any atom is 0.219 e. The van der Waals surface area contributed by atoms with Gasteiger partial charge in [-0.15, -0.1) is 11.8 Å². The minimum atomic E-state index is 0.491. The number of aromatic nitrogens is 1. The van der Waals surface area contributed by atoms with E-state index >= 15 is 0 Å². The van der Waals surface area contributed by atoms with Gasteiger partial charge in [0.15, 0.2) is 0 Å². The predicted molar refractivity (Wildman–Crippen MR) is 67.2 cm³/mol. The molecule has 0 radical (unpaired) electrons. The van der Waals surface area contributed by atoms with Crippen molar-refractivity contribution in [3.63, 3.8) is 0 Å². The maximum atomic E-state index is 8.67. The Kier molecular flexibility index (Phi) is 3.63. The molecule has 0 N–H and O–H groups in total. The maximum absolute atomic E-state index is 8.67. The van der Waals surface area contributed by atoms with Gasteiger partial charge in [-0.25, -0.2) is 4.98 Å². The number of benzene rings is 1. The molecule has 0 aliphatic rings. The summed E-state index contributed by atoms with van der Waals surface area (Å²) < 4.78 is 5.66. The number of nitrogens with zero attached hydrogens (tertiary/aromatic N) is 2. The Balaban J connectivity index is 2.22. The first kappa shape index (κ1) is 11.5. The van der Waals surface area contributed by atoms with Crippen molar-refractivity contribution in [2.24, 2.45) is 0 Å². The van der Waals surface area contributed by atoms with Gasteiger partial charge in [0.25, 0.3) is 0 Å². The molecule has 84 valence electrons. The number of hydrogen-bond acceptors (Lipinski definition) is 4. The van der Waals surface area contributed by atoms with Gasteiger partial charge < -0.3 is 4.74 Å². The van der Waals surface area contributed by atoms with E-state index in [2.05, 4.69) is 4.98 Å². The van der Waals surface area contributed by atoms with E-state index in [1.54, 1.807) is 23.9 Å². The largest absolute Gasteiger partial charge is 0.438 e. The number of para-hydroxylation sites is 1. The second-order valence-electron chi connectivity index (χ2n) is 3.25. The van der Waals surface area contributed by atoms with Crippen LogP contribution in [0, 0.1) is 11.3 Å². The van der Waals surface area contributed by atoms with E-state index in [1.165, 1.54) is 6.20 Å². The molecule has 0 fully saturated rings. The zero-order valence-electron chi connectivity index (χ0n) is 9.25.